The van der Waals surface area contributed by atoms with Gasteiger partial charge < -0.3 is 16.0 Å². The van der Waals surface area contributed by atoms with Crippen molar-refractivity contribution in [3.8, 4) is 6.07 Å². The number of primary amides is 1. The first-order valence-electron chi connectivity index (χ1n) is 5.89. The number of nitrogens with two attached hydrogens (primary N) is 1. The van der Waals surface area contributed by atoms with E-state index < -0.39 is 0 Å². The molecule has 2 rings (SSSR count). The Kier molecular flexibility index (Phi) is 3.84. The van der Waals surface area contributed by atoms with E-state index >= 15 is 0 Å². The zero-order valence-corrected chi connectivity index (χ0v) is 11.0. The van der Waals surface area contributed by atoms with Crippen LogP contribution in [0.1, 0.15) is 18.2 Å². The topological polar surface area (TPSA) is 82.2 Å². The van der Waals surface area contributed by atoms with Gasteiger partial charge in [-0.05, 0) is 24.8 Å². The molecule has 1 saturated heterocycles. The number of rotatable bonds is 4. The average Bonchev–Trinajstić information content (AvgIpc) is 2.95. The molecular weight excluding hydrogens is 248 g/mol. The highest BCUT2D eigenvalue weighted by Gasteiger charge is 2.26. The Bertz CT molecular complexity index is 479. The summed E-state index contributed by atoms with van der Waals surface area (Å²) in [6, 6.07) is 4.12. The van der Waals surface area contributed by atoms with Crippen molar-refractivity contribution in [1.29, 1.82) is 5.26 Å². The predicted octanol–water partition coefficient (Wildman–Crippen LogP) is 0.662. The van der Waals surface area contributed by atoms with Crippen LogP contribution in [0.4, 0.5) is 5.69 Å². The second kappa shape index (κ2) is 5.38. The monoisotopic (exact) mass is 264 g/mol. The van der Waals surface area contributed by atoms with Gasteiger partial charge in [-0.15, -0.1) is 11.3 Å². The molecule has 1 fully saturated rings. The number of nitrogens with one attached hydrogen (secondary N) is 1. The first-order chi connectivity index (χ1) is 8.61. The maximum absolute atomic E-state index is 11.0. The summed E-state index contributed by atoms with van der Waals surface area (Å²) in [6.07, 6.45) is 0.957. The molecule has 1 aromatic heterocycles. The van der Waals surface area contributed by atoms with E-state index in [0.717, 1.165) is 30.1 Å². The van der Waals surface area contributed by atoms with E-state index in [1.165, 1.54) is 11.3 Å². The molecule has 0 aromatic carbocycles. The van der Waals surface area contributed by atoms with E-state index in [1.54, 1.807) is 6.92 Å². The molecule has 1 amide bonds. The number of thiophene rings is 1. The number of hydrogen-bond donors (Lipinski definition) is 2. The van der Waals surface area contributed by atoms with Crippen molar-refractivity contribution in [2.45, 2.75) is 25.4 Å². The largest absolute Gasteiger partial charge is 0.368 e. The average molecular weight is 264 g/mol. The minimum atomic E-state index is -0.332. The van der Waals surface area contributed by atoms with Crippen molar-refractivity contribution >= 4 is 22.9 Å². The highest BCUT2D eigenvalue weighted by atomic mass is 32.1. The first kappa shape index (κ1) is 12.9. The molecule has 3 N–H and O–H groups in total. The van der Waals surface area contributed by atoms with E-state index in [0.29, 0.717) is 0 Å². The first-order valence-corrected chi connectivity index (χ1v) is 6.77. The second-order valence-electron chi connectivity index (χ2n) is 4.47. The molecule has 1 aromatic rings. The van der Waals surface area contributed by atoms with Crippen molar-refractivity contribution in [3.63, 3.8) is 0 Å². The van der Waals surface area contributed by atoms with E-state index in [-0.39, 0.29) is 18.0 Å². The third-order valence-corrected chi connectivity index (χ3v) is 4.00. The maximum Gasteiger partial charge on any atom is 0.234 e. The third-order valence-electron chi connectivity index (χ3n) is 3.19. The highest BCUT2D eigenvalue weighted by molar-refractivity contribution is 7.11. The third kappa shape index (κ3) is 2.63. The lowest BCUT2D eigenvalue weighted by Gasteiger charge is -2.19. The highest BCUT2D eigenvalue weighted by Crippen LogP contribution is 2.28. The second-order valence-corrected chi connectivity index (χ2v) is 5.39. The Balaban J connectivity index is 1.97. The van der Waals surface area contributed by atoms with Crippen LogP contribution in [0.2, 0.25) is 0 Å². The van der Waals surface area contributed by atoms with Crippen LogP contribution < -0.4 is 16.0 Å². The van der Waals surface area contributed by atoms with Crippen LogP contribution in [0.15, 0.2) is 11.4 Å². The predicted molar refractivity (Wildman–Crippen MR) is 71.4 cm³/mol. The molecule has 0 radical (unpaired) electrons. The molecule has 0 aliphatic carbocycles. The lowest BCUT2D eigenvalue weighted by atomic mass is 10.2. The van der Waals surface area contributed by atoms with Crippen LogP contribution in [-0.2, 0) is 4.79 Å². The van der Waals surface area contributed by atoms with E-state index in [4.69, 9.17) is 11.0 Å². The number of nitrogens with zero attached hydrogens (tertiary/aromatic N) is 2. The fourth-order valence-corrected chi connectivity index (χ4v) is 2.89. The summed E-state index contributed by atoms with van der Waals surface area (Å²) in [5, 5.41) is 14.2. The van der Waals surface area contributed by atoms with Crippen LogP contribution in [0.5, 0.6) is 0 Å². The smallest absolute Gasteiger partial charge is 0.234 e. The summed E-state index contributed by atoms with van der Waals surface area (Å²) < 4.78 is 0. The van der Waals surface area contributed by atoms with Crippen LogP contribution in [-0.4, -0.2) is 31.1 Å². The van der Waals surface area contributed by atoms with Gasteiger partial charge in [-0.2, -0.15) is 5.26 Å². The fraction of sp³-hybridized carbons (Fsp3) is 0.500. The lowest BCUT2D eigenvalue weighted by molar-refractivity contribution is -0.119. The molecule has 0 spiro atoms. The van der Waals surface area contributed by atoms with Gasteiger partial charge in [0.15, 0.2) is 0 Å². The number of carbonyl (C=O) groups is 1. The van der Waals surface area contributed by atoms with Gasteiger partial charge in [0.25, 0.3) is 0 Å². The quantitative estimate of drug-likeness (QED) is 0.837. The minimum Gasteiger partial charge on any atom is -0.368 e. The Hall–Kier alpha value is -1.58. The number of anilines is 1. The van der Waals surface area contributed by atoms with Crippen molar-refractivity contribution in [1.82, 2.24) is 5.32 Å². The summed E-state index contributed by atoms with van der Waals surface area (Å²) in [5.74, 6) is -0.332. The Morgan fingerprint density at radius 3 is 3.22 bits per heavy atom. The number of amides is 1. The zero-order chi connectivity index (χ0) is 13.1. The fourth-order valence-electron chi connectivity index (χ4n) is 2.19. The molecule has 5 nitrogen and oxygen atoms in total. The SMILES string of the molecule is C[C@H](N[C@H]1CCN(c2ccsc2C#N)C1)C(N)=O. The molecule has 0 saturated carbocycles. The molecule has 0 unspecified atom stereocenters. The van der Waals surface area contributed by atoms with E-state index in [2.05, 4.69) is 16.3 Å². The van der Waals surface area contributed by atoms with Crippen molar-refractivity contribution in [2.75, 3.05) is 18.0 Å². The van der Waals surface area contributed by atoms with Crippen LogP contribution in [0.25, 0.3) is 0 Å². The number of hydrogen-bond acceptors (Lipinski definition) is 5. The van der Waals surface area contributed by atoms with Gasteiger partial charge in [0.2, 0.25) is 5.91 Å². The van der Waals surface area contributed by atoms with Crippen LogP contribution >= 0.6 is 11.3 Å². The van der Waals surface area contributed by atoms with E-state index in [1.807, 2.05) is 11.4 Å². The van der Waals surface area contributed by atoms with Gasteiger partial charge in [0, 0.05) is 19.1 Å². The zero-order valence-electron chi connectivity index (χ0n) is 10.2. The maximum atomic E-state index is 11.0. The molecule has 1 aliphatic heterocycles. The molecular formula is C12H16N4OS. The minimum absolute atomic E-state index is 0.249. The molecule has 2 heterocycles. The molecule has 0 bridgehead atoms. The van der Waals surface area contributed by atoms with Crippen LogP contribution in [0.3, 0.4) is 0 Å². The summed E-state index contributed by atoms with van der Waals surface area (Å²) in [5.41, 5.74) is 6.23. The van der Waals surface area contributed by atoms with Crippen molar-refractivity contribution in [3.05, 3.63) is 16.3 Å². The van der Waals surface area contributed by atoms with Gasteiger partial charge in [-0.3, -0.25) is 4.79 Å². The molecule has 96 valence electrons. The summed E-state index contributed by atoms with van der Waals surface area (Å²) >= 11 is 1.46. The van der Waals surface area contributed by atoms with Gasteiger partial charge in [0.05, 0.1) is 11.7 Å². The van der Waals surface area contributed by atoms with E-state index in [9.17, 15) is 4.79 Å². The van der Waals surface area contributed by atoms with Gasteiger partial charge >= 0.3 is 0 Å². The van der Waals surface area contributed by atoms with Crippen LogP contribution in [0, 0.1) is 11.3 Å². The Labute approximate surface area is 110 Å². The summed E-state index contributed by atoms with van der Waals surface area (Å²) in [4.78, 5) is 13.9. The van der Waals surface area contributed by atoms with Gasteiger partial charge in [0.1, 0.15) is 10.9 Å². The van der Waals surface area contributed by atoms with Gasteiger partial charge in [-0.1, -0.05) is 0 Å². The molecule has 1 aliphatic rings. The Morgan fingerprint density at radius 1 is 1.78 bits per heavy atom. The summed E-state index contributed by atoms with van der Waals surface area (Å²) in [6.45, 7) is 3.48. The molecule has 6 heteroatoms. The molecule has 2 atom stereocenters. The molecule has 18 heavy (non-hydrogen) atoms. The summed E-state index contributed by atoms with van der Waals surface area (Å²) in [7, 11) is 0. The normalized spacial score (nSPS) is 20.7. The number of carbonyl (C=O) groups excluding carboxylic acids is 1. The van der Waals surface area contributed by atoms with Crippen molar-refractivity contribution < 1.29 is 4.79 Å². The standard InChI is InChI=1S/C12H16N4OS/c1-8(12(14)17)15-9-2-4-16(7-9)10-3-5-18-11(10)6-13/h3,5,8-9,15H,2,4,7H2,1H3,(H2,14,17)/t8-,9-/m0/s1. The van der Waals surface area contributed by atoms with Gasteiger partial charge in [-0.25, -0.2) is 0 Å². The van der Waals surface area contributed by atoms with Crippen molar-refractivity contribution in [2.24, 2.45) is 5.73 Å². The number of nitriles is 1. The lowest BCUT2D eigenvalue weighted by Crippen LogP contribution is -2.45. The Morgan fingerprint density at radius 2 is 2.56 bits per heavy atom.